The maximum Gasteiger partial charge on any atom is 0.263 e. The standard InChI is InChI=1S/C14H12BrN3O2S/c1-9-3-2-4-13(11(9)8-16)18-21(19,20)14-6-5-10(17)7-12(14)15/h2-7,18H,17H2,1H3. The molecule has 0 aliphatic heterocycles. The Kier molecular flexibility index (Phi) is 4.21. The number of halogens is 1. The van der Waals surface area contributed by atoms with Crippen LogP contribution in [0.3, 0.4) is 0 Å². The van der Waals surface area contributed by atoms with Crippen molar-refractivity contribution in [1.29, 1.82) is 5.26 Å². The fourth-order valence-electron chi connectivity index (χ4n) is 1.84. The normalized spacial score (nSPS) is 10.9. The highest BCUT2D eigenvalue weighted by molar-refractivity contribution is 9.10. The van der Waals surface area contributed by atoms with Crippen molar-refractivity contribution in [3.63, 3.8) is 0 Å². The molecule has 0 amide bonds. The van der Waals surface area contributed by atoms with E-state index in [1.54, 1.807) is 25.1 Å². The lowest BCUT2D eigenvalue weighted by molar-refractivity contribution is 0.601. The first kappa shape index (κ1) is 15.4. The van der Waals surface area contributed by atoms with Crippen molar-refractivity contribution in [3.8, 4) is 6.07 Å². The molecule has 2 aromatic rings. The number of nitrogens with two attached hydrogens (primary N) is 1. The second-order valence-electron chi connectivity index (χ2n) is 4.40. The van der Waals surface area contributed by atoms with Gasteiger partial charge in [0.2, 0.25) is 0 Å². The molecule has 21 heavy (non-hydrogen) atoms. The van der Waals surface area contributed by atoms with Crippen molar-refractivity contribution in [1.82, 2.24) is 0 Å². The third-order valence-electron chi connectivity index (χ3n) is 2.87. The topological polar surface area (TPSA) is 96.0 Å². The molecule has 2 rings (SSSR count). The van der Waals surface area contributed by atoms with E-state index in [0.717, 1.165) is 0 Å². The largest absolute Gasteiger partial charge is 0.399 e. The van der Waals surface area contributed by atoms with E-state index in [2.05, 4.69) is 20.7 Å². The van der Waals surface area contributed by atoms with Gasteiger partial charge in [-0.2, -0.15) is 5.26 Å². The molecule has 7 heteroatoms. The molecule has 0 bridgehead atoms. The zero-order valence-corrected chi connectivity index (χ0v) is 13.5. The van der Waals surface area contributed by atoms with E-state index < -0.39 is 10.0 Å². The predicted molar refractivity (Wildman–Crippen MR) is 85.3 cm³/mol. The van der Waals surface area contributed by atoms with Crippen LogP contribution in [0.15, 0.2) is 45.8 Å². The molecular weight excluding hydrogens is 354 g/mol. The zero-order chi connectivity index (χ0) is 15.6. The Hall–Kier alpha value is -2.04. The van der Waals surface area contributed by atoms with Gasteiger partial charge >= 0.3 is 0 Å². The Balaban J connectivity index is 2.48. The molecular formula is C14H12BrN3O2S. The maximum atomic E-state index is 12.4. The smallest absolute Gasteiger partial charge is 0.263 e. The lowest BCUT2D eigenvalue weighted by Crippen LogP contribution is -2.15. The zero-order valence-electron chi connectivity index (χ0n) is 11.1. The molecule has 2 aromatic carbocycles. The molecule has 0 aromatic heterocycles. The van der Waals surface area contributed by atoms with Crippen LogP contribution in [0.4, 0.5) is 11.4 Å². The number of anilines is 2. The first-order valence-corrected chi connectivity index (χ1v) is 8.20. The van der Waals surface area contributed by atoms with Crippen LogP contribution in [-0.2, 0) is 10.0 Å². The van der Waals surface area contributed by atoms with Gasteiger partial charge in [0.1, 0.15) is 11.0 Å². The summed E-state index contributed by atoms with van der Waals surface area (Å²) in [7, 11) is -3.81. The van der Waals surface area contributed by atoms with Crippen molar-refractivity contribution >= 4 is 37.3 Å². The summed E-state index contributed by atoms with van der Waals surface area (Å²) >= 11 is 3.18. The van der Waals surface area contributed by atoms with E-state index in [-0.39, 0.29) is 10.6 Å². The van der Waals surface area contributed by atoms with Gasteiger partial charge in [-0.05, 0) is 52.7 Å². The highest BCUT2D eigenvalue weighted by Gasteiger charge is 2.19. The molecule has 0 spiro atoms. The summed E-state index contributed by atoms with van der Waals surface area (Å²) < 4.78 is 27.6. The molecule has 0 saturated carbocycles. The third-order valence-corrected chi connectivity index (χ3v) is 5.22. The highest BCUT2D eigenvalue weighted by Crippen LogP contribution is 2.27. The Labute approximate surface area is 131 Å². The second kappa shape index (κ2) is 5.76. The van der Waals surface area contributed by atoms with Gasteiger partial charge in [0.05, 0.1) is 11.3 Å². The first-order chi connectivity index (χ1) is 9.85. The Bertz CT molecular complexity index is 842. The lowest BCUT2D eigenvalue weighted by Gasteiger charge is -2.12. The number of nitrogens with zero attached hydrogens (tertiary/aromatic N) is 1. The van der Waals surface area contributed by atoms with Gasteiger partial charge in [-0.25, -0.2) is 8.42 Å². The molecule has 0 atom stereocenters. The predicted octanol–water partition coefficient (Wildman–Crippen LogP) is 3.01. The molecule has 0 unspecified atom stereocenters. The van der Waals surface area contributed by atoms with Crippen LogP contribution in [0, 0.1) is 18.3 Å². The van der Waals surface area contributed by atoms with Crippen molar-refractivity contribution in [2.75, 3.05) is 10.5 Å². The van der Waals surface area contributed by atoms with Gasteiger partial charge < -0.3 is 5.73 Å². The molecule has 108 valence electrons. The van der Waals surface area contributed by atoms with Crippen LogP contribution >= 0.6 is 15.9 Å². The minimum Gasteiger partial charge on any atom is -0.399 e. The molecule has 0 aliphatic rings. The van der Waals surface area contributed by atoms with Gasteiger partial charge in [0, 0.05) is 10.2 Å². The highest BCUT2D eigenvalue weighted by atomic mass is 79.9. The molecule has 0 saturated heterocycles. The first-order valence-electron chi connectivity index (χ1n) is 5.92. The summed E-state index contributed by atoms with van der Waals surface area (Å²) in [6.45, 7) is 1.75. The summed E-state index contributed by atoms with van der Waals surface area (Å²) in [5.74, 6) is 0. The Morgan fingerprint density at radius 1 is 1.29 bits per heavy atom. The minimum atomic E-state index is -3.81. The number of aryl methyl sites for hydroxylation is 1. The number of hydrogen-bond acceptors (Lipinski definition) is 4. The average Bonchev–Trinajstić information content (AvgIpc) is 2.38. The van der Waals surface area contributed by atoms with Crippen molar-refractivity contribution in [2.45, 2.75) is 11.8 Å². The number of nitriles is 1. The number of benzene rings is 2. The summed E-state index contributed by atoms with van der Waals surface area (Å²) in [5.41, 5.74) is 7.31. The number of nitrogens with one attached hydrogen (secondary N) is 1. The van der Waals surface area contributed by atoms with E-state index in [4.69, 9.17) is 11.0 Å². The van der Waals surface area contributed by atoms with Crippen molar-refractivity contribution < 1.29 is 8.42 Å². The van der Waals surface area contributed by atoms with Crippen LogP contribution in [-0.4, -0.2) is 8.42 Å². The maximum absolute atomic E-state index is 12.4. The monoisotopic (exact) mass is 365 g/mol. The van der Waals surface area contributed by atoms with Gasteiger partial charge in [-0.1, -0.05) is 12.1 Å². The van der Waals surface area contributed by atoms with Crippen LogP contribution in [0.5, 0.6) is 0 Å². The van der Waals surface area contributed by atoms with Crippen molar-refractivity contribution in [3.05, 3.63) is 52.0 Å². The fraction of sp³-hybridized carbons (Fsp3) is 0.0714. The summed E-state index contributed by atoms with van der Waals surface area (Å²) in [4.78, 5) is 0.0575. The van der Waals surface area contributed by atoms with Gasteiger partial charge in [0.25, 0.3) is 10.0 Å². The quantitative estimate of drug-likeness (QED) is 0.817. The number of hydrogen-bond donors (Lipinski definition) is 2. The van der Waals surface area contributed by atoms with E-state index >= 15 is 0 Å². The average molecular weight is 366 g/mol. The van der Waals surface area contributed by atoms with Crippen LogP contribution < -0.4 is 10.5 Å². The molecule has 0 aliphatic carbocycles. The molecule has 3 N–H and O–H groups in total. The van der Waals surface area contributed by atoms with Gasteiger partial charge in [0.15, 0.2) is 0 Å². The van der Waals surface area contributed by atoms with E-state index in [9.17, 15) is 8.42 Å². The van der Waals surface area contributed by atoms with Crippen LogP contribution in [0.1, 0.15) is 11.1 Å². The summed E-state index contributed by atoms with van der Waals surface area (Å²) in [6.07, 6.45) is 0. The molecule has 5 nitrogen and oxygen atoms in total. The molecule has 0 heterocycles. The molecule has 0 fully saturated rings. The van der Waals surface area contributed by atoms with Gasteiger partial charge in [-0.3, -0.25) is 4.72 Å². The third kappa shape index (κ3) is 3.17. The second-order valence-corrected chi connectivity index (χ2v) is 6.91. The lowest BCUT2D eigenvalue weighted by atomic mass is 10.1. The van der Waals surface area contributed by atoms with E-state index in [1.165, 1.54) is 18.2 Å². The van der Waals surface area contributed by atoms with Crippen LogP contribution in [0.25, 0.3) is 0 Å². The Morgan fingerprint density at radius 3 is 2.62 bits per heavy atom. The Morgan fingerprint density at radius 2 is 2.00 bits per heavy atom. The SMILES string of the molecule is Cc1cccc(NS(=O)(=O)c2ccc(N)cc2Br)c1C#N. The minimum absolute atomic E-state index is 0.0575. The molecule has 0 radical (unpaired) electrons. The van der Waals surface area contributed by atoms with Gasteiger partial charge in [-0.15, -0.1) is 0 Å². The fourth-order valence-corrected chi connectivity index (χ4v) is 4.00. The number of nitrogen functional groups attached to an aromatic ring is 1. The summed E-state index contributed by atoms with van der Waals surface area (Å²) in [5, 5.41) is 9.15. The number of sulfonamides is 1. The van der Waals surface area contributed by atoms with Crippen molar-refractivity contribution in [2.24, 2.45) is 0 Å². The number of rotatable bonds is 3. The summed E-state index contributed by atoms with van der Waals surface area (Å²) in [6, 6.07) is 11.4. The van der Waals surface area contributed by atoms with Crippen LogP contribution in [0.2, 0.25) is 0 Å². The van der Waals surface area contributed by atoms with E-state index in [1.807, 2.05) is 6.07 Å². The van der Waals surface area contributed by atoms with E-state index in [0.29, 0.717) is 21.3 Å².